The second-order valence-corrected chi connectivity index (χ2v) is 6.88. The Labute approximate surface area is 123 Å². The van der Waals surface area contributed by atoms with Gasteiger partial charge in [-0.05, 0) is 25.0 Å². The molecule has 2 heterocycles. The van der Waals surface area contributed by atoms with Gasteiger partial charge in [-0.3, -0.25) is 0 Å². The SMILES string of the molecule is CC(C)C(CN)c1cncn1C(C)c1ccc(Cl)s1. The highest BCUT2D eigenvalue weighted by molar-refractivity contribution is 7.16. The topological polar surface area (TPSA) is 43.8 Å². The minimum absolute atomic E-state index is 0.239. The van der Waals surface area contributed by atoms with Crippen molar-refractivity contribution in [3.63, 3.8) is 0 Å². The Morgan fingerprint density at radius 3 is 2.63 bits per heavy atom. The second-order valence-electron chi connectivity index (χ2n) is 5.13. The predicted molar refractivity (Wildman–Crippen MR) is 82.0 cm³/mol. The molecule has 2 N–H and O–H groups in total. The monoisotopic (exact) mass is 297 g/mol. The molecule has 0 spiro atoms. The van der Waals surface area contributed by atoms with Crippen molar-refractivity contribution in [2.24, 2.45) is 11.7 Å². The first-order chi connectivity index (χ1) is 9.04. The summed E-state index contributed by atoms with van der Waals surface area (Å²) < 4.78 is 3.03. The van der Waals surface area contributed by atoms with Crippen molar-refractivity contribution >= 4 is 22.9 Å². The predicted octanol–water partition coefficient (Wildman–Crippen LogP) is 3.91. The highest BCUT2D eigenvalue weighted by Crippen LogP contribution is 2.32. The van der Waals surface area contributed by atoms with Crippen LogP contribution in [0.4, 0.5) is 0 Å². The summed E-state index contributed by atoms with van der Waals surface area (Å²) in [6, 6.07) is 4.26. The summed E-state index contributed by atoms with van der Waals surface area (Å²) in [4.78, 5) is 5.55. The van der Waals surface area contributed by atoms with Crippen LogP contribution in [0.2, 0.25) is 4.34 Å². The normalized spacial score (nSPS) is 14.8. The van der Waals surface area contributed by atoms with Crippen LogP contribution < -0.4 is 5.73 Å². The van der Waals surface area contributed by atoms with Crippen LogP contribution in [-0.2, 0) is 0 Å². The van der Waals surface area contributed by atoms with Gasteiger partial charge in [0.05, 0.1) is 16.7 Å². The lowest BCUT2D eigenvalue weighted by atomic mass is 9.92. The Hall–Kier alpha value is -0.840. The van der Waals surface area contributed by atoms with Gasteiger partial charge in [0, 0.05) is 29.2 Å². The van der Waals surface area contributed by atoms with Crippen molar-refractivity contribution in [1.29, 1.82) is 0 Å². The van der Waals surface area contributed by atoms with Gasteiger partial charge in [0.15, 0.2) is 0 Å². The number of aromatic nitrogens is 2. The largest absolute Gasteiger partial charge is 0.330 e. The van der Waals surface area contributed by atoms with E-state index in [0.29, 0.717) is 18.4 Å². The number of nitrogens with two attached hydrogens (primary N) is 1. The number of nitrogens with zero attached hydrogens (tertiary/aromatic N) is 2. The first-order valence-electron chi connectivity index (χ1n) is 6.51. The molecule has 19 heavy (non-hydrogen) atoms. The Balaban J connectivity index is 2.33. The fourth-order valence-electron chi connectivity index (χ4n) is 2.35. The van der Waals surface area contributed by atoms with Gasteiger partial charge in [-0.25, -0.2) is 4.98 Å². The van der Waals surface area contributed by atoms with Crippen molar-refractivity contribution in [2.75, 3.05) is 6.54 Å². The third-order valence-electron chi connectivity index (χ3n) is 3.56. The third kappa shape index (κ3) is 3.02. The summed E-state index contributed by atoms with van der Waals surface area (Å²) in [5, 5.41) is 0. The van der Waals surface area contributed by atoms with Crippen LogP contribution in [0.15, 0.2) is 24.7 Å². The molecule has 0 aliphatic heterocycles. The van der Waals surface area contributed by atoms with Crippen molar-refractivity contribution in [2.45, 2.75) is 32.7 Å². The van der Waals surface area contributed by atoms with E-state index < -0.39 is 0 Å². The zero-order valence-corrected chi connectivity index (χ0v) is 13.1. The third-order valence-corrected chi connectivity index (χ3v) is 4.96. The van der Waals surface area contributed by atoms with Crippen LogP contribution in [0.25, 0.3) is 0 Å². The Morgan fingerprint density at radius 1 is 1.37 bits per heavy atom. The Bertz CT molecular complexity index is 532. The van der Waals surface area contributed by atoms with Gasteiger partial charge < -0.3 is 10.3 Å². The highest BCUT2D eigenvalue weighted by Gasteiger charge is 2.21. The number of thiophene rings is 1. The zero-order valence-electron chi connectivity index (χ0n) is 11.5. The second kappa shape index (κ2) is 6.07. The maximum absolute atomic E-state index is 6.02. The van der Waals surface area contributed by atoms with E-state index >= 15 is 0 Å². The molecule has 2 rings (SSSR count). The van der Waals surface area contributed by atoms with Gasteiger partial charge in [0.2, 0.25) is 0 Å². The molecule has 2 atom stereocenters. The van der Waals surface area contributed by atoms with Crippen LogP contribution in [-0.4, -0.2) is 16.1 Å². The molecule has 2 aromatic heterocycles. The quantitative estimate of drug-likeness (QED) is 0.909. The van der Waals surface area contributed by atoms with Crippen LogP contribution in [0.3, 0.4) is 0 Å². The molecule has 0 bridgehead atoms. The maximum Gasteiger partial charge on any atom is 0.0954 e. The maximum atomic E-state index is 6.02. The molecule has 0 fully saturated rings. The molecule has 0 saturated carbocycles. The van der Waals surface area contributed by atoms with Gasteiger partial charge >= 0.3 is 0 Å². The van der Waals surface area contributed by atoms with Crippen LogP contribution in [0, 0.1) is 5.92 Å². The van der Waals surface area contributed by atoms with E-state index in [1.165, 1.54) is 10.6 Å². The van der Waals surface area contributed by atoms with Crippen molar-refractivity contribution in [3.8, 4) is 0 Å². The fourth-order valence-corrected chi connectivity index (χ4v) is 3.46. The zero-order chi connectivity index (χ0) is 14.0. The van der Waals surface area contributed by atoms with Gasteiger partial charge in [0.25, 0.3) is 0 Å². The molecule has 0 saturated heterocycles. The summed E-state index contributed by atoms with van der Waals surface area (Å²) in [5.41, 5.74) is 7.12. The van der Waals surface area contributed by atoms with Crippen molar-refractivity contribution in [3.05, 3.63) is 39.6 Å². The summed E-state index contributed by atoms with van der Waals surface area (Å²) in [6.45, 7) is 7.20. The number of hydrogen-bond acceptors (Lipinski definition) is 3. The van der Waals surface area contributed by atoms with E-state index in [-0.39, 0.29) is 6.04 Å². The lowest BCUT2D eigenvalue weighted by Crippen LogP contribution is -2.22. The fraction of sp³-hybridized carbons (Fsp3) is 0.500. The van der Waals surface area contributed by atoms with E-state index in [4.69, 9.17) is 17.3 Å². The number of imidazole rings is 1. The summed E-state index contributed by atoms with van der Waals surface area (Å²) in [6.07, 6.45) is 3.82. The molecule has 0 aliphatic carbocycles. The molecule has 0 amide bonds. The molecule has 3 nitrogen and oxygen atoms in total. The first kappa shape index (κ1) is 14.6. The molecule has 0 radical (unpaired) electrons. The number of halogens is 1. The molecule has 5 heteroatoms. The van der Waals surface area contributed by atoms with Gasteiger partial charge in [0.1, 0.15) is 0 Å². The molecule has 0 aromatic carbocycles. The molecule has 0 aliphatic rings. The first-order valence-corrected chi connectivity index (χ1v) is 7.71. The van der Waals surface area contributed by atoms with E-state index in [2.05, 4.69) is 36.4 Å². The van der Waals surface area contributed by atoms with E-state index in [9.17, 15) is 0 Å². The van der Waals surface area contributed by atoms with Crippen LogP contribution >= 0.6 is 22.9 Å². The van der Waals surface area contributed by atoms with Crippen LogP contribution in [0.1, 0.15) is 43.3 Å². The summed E-state index contributed by atoms with van der Waals surface area (Å²) >= 11 is 7.64. The Kier molecular flexibility index (Phi) is 4.66. The summed E-state index contributed by atoms with van der Waals surface area (Å²) in [5.74, 6) is 0.833. The number of rotatable bonds is 5. The average Bonchev–Trinajstić information content (AvgIpc) is 2.98. The lowest BCUT2D eigenvalue weighted by Gasteiger charge is -2.23. The highest BCUT2D eigenvalue weighted by atomic mass is 35.5. The minimum atomic E-state index is 0.239. The van der Waals surface area contributed by atoms with Gasteiger partial charge in [-0.2, -0.15) is 0 Å². The molecule has 104 valence electrons. The standard InChI is InChI=1S/C14H20ClN3S/c1-9(2)11(6-16)12-7-17-8-18(12)10(3)13-4-5-14(15)19-13/h4-5,7-11H,6,16H2,1-3H3. The Morgan fingerprint density at radius 2 is 2.11 bits per heavy atom. The average molecular weight is 298 g/mol. The molecular weight excluding hydrogens is 278 g/mol. The lowest BCUT2D eigenvalue weighted by molar-refractivity contribution is 0.464. The molecular formula is C14H20ClN3S. The van der Waals surface area contributed by atoms with E-state index in [0.717, 1.165) is 4.34 Å². The minimum Gasteiger partial charge on any atom is -0.330 e. The van der Waals surface area contributed by atoms with Crippen molar-refractivity contribution in [1.82, 2.24) is 9.55 Å². The smallest absolute Gasteiger partial charge is 0.0954 e. The van der Waals surface area contributed by atoms with Gasteiger partial charge in [-0.1, -0.05) is 25.4 Å². The van der Waals surface area contributed by atoms with Gasteiger partial charge in [-0.15, -0.1) is 11.3 Å². The van der Waals surface area contributed by atoms with Crippen LogP contribution in [0.5, 0.6) is 0 Å². The van der Waals surface area contributed by atoms with E-state index in [1.54, 1.807) is 11.3 Å². The number of hydrogen-bond donors (Lipinski definition) is 1. The molecule has 2 unspecified atom stereocenters. The van der Waals surface area contributed by atoms with Crippen molar-refractivity contribution < 1.29 is 0 Å². The molecule has 2 aromatic rings. The van der Waals surface area contributed by atoms with E-state index in [1.807, 2.05) is 18.6 Å². The summed E-state index contributed by atoms with van der Waals surface area (Å²) in [7, 11) is 0.